The van der Waals surface area contributed by atoms with E-state index in [4.69, 9.17) is 14.2 Å². The molecule has 3 aliphatic carbocycles. The number of benzene rings is 2. The molecule has 1 spiro atoms. The summed E-state index contributed by atoms with van der Waals surface area (Å²) in [4.78, 5) is 43.7. The molecule has 2 amide bonds. The number of aliphatic hydroxyl groups excluding tert-OH is 1. The van der Waals surface area contributed by atoms with Crippen LogP contribution in [0.3, 0.4) is 0 Å². The summed E-state index contributed by atoms with van der Waals surface area (Å²) in [5, 5.41) is 24.8. The van der Waals surface area contributed by atoms with Crippen LogP contribution < -0.4 is 9.47 Å². The van der Waals surface area contributed by atoms with E-state index in [1.54, 1.807) is 57.2 Å². The zero-order valence-corrected chi connectivity index (χ0v) is 24.5. The van der Waals surface area contributed by atoms with Gasteiger partial charge in [0.1, 0.15) is 11.7 Å². The number of rotatable bonds is 4. The molecule has 10 heteroatoms. The highest BCUT2D eigenvalue weighted by molar-refractivity contribution is 6.21. The number of likely N-dealkylation sites (tertiary alicyclic amines) is 1. The second-order valence-electron chi connectivity index (χ2n) is 14.1. The summed E-state index contributed by atoms with van der Waals surface area (Å²) >= 11 is 0. The highest BCUT2D eigenvalue weighted by atomic mass is 16.7. The van der Waals surface area contributed by atoms with E-state index in [1.807, 2.05) is 0 Å². The molecule has 226 valence electrons. The molecule has 6 atom stereocenters. The molecule has 3 heterocycles. The van der Waals surface area contributed by atoms with E-state index in [2.05, 4.69) is 4.90 Å². The van der Waals surface area contributed by atoms with Crippen LogP contribution in [0.2, 0.25) is 0 Å². The van der Waals surface area contributed by atoms with Crippen molar-refractivity contribution in [2.45, 2.75) is 93.8 Å². The van der Waals surface area contributed by atoms with Gasteiger partial charge in [0.15, 0.2) is 11.5 Å². The molecule has 2 N–H and O–H groups in total. The second kappa shape index (κ2) is 8.80. The van der Waals surface area contributed by atoms with Crippen LogP contribution in [0.15, 0.2) is 36.4 Å². The van der Waals surface area contributed by atoms with Gasteiger partial charge in [-0.25, -0.2) is 4.79 Å². The summed E-state index contributed by atoms with van der Waals surface area (Å²) in [5.41, 5.74) is -1.29. The predicted molar refractivity (Wildman–Crippen MR) is 152 cm³/mol. The van der Waals surface area contributed by atoms with E-state index >= 15 is 0 Å². The Labute approximate surface area is 249 Å². The minimum absolute atomic E-state index is 0.117. The normalized spacial score (nSPS) is 34.0. The fraction of sp³-hybridized carbons (Fsp3) is 0.545. The van der Waals surface area contributed by atoms with Crippen LogP contribution in [-0.2, 0) is 10.2 Å². The van der Waals surface area contributed by atoms with Crippen molar-refractivity contribution in [2.75, 3.05) is 13.1 Å². The molecule has 2 aromatic rings. The van der Waals surface area contributed by atoms with E-state index in [-0.39, 0.29) is 29.7 Å². The topological polar surface area (TPSA) is 126 Å². The number of hydrogen-bond donors (Lipinski definition) is 2. The van der Waals surface area contributed by atoms with E-state index in [0.29, 0.717) is 47.6 Å². The summed E-state index contributed by atoms with van der Waals surface area (Å²) in [6.45, 7) is 6.63. The number of aliphatic hydroxyl groups is 2. The van der Waals surface area contributed by atoms with E-state index in [9.17, 15) is 24.6 Å². The van der Waals surface area contributed by atoms with Crippen LogP contribution >= 0.6 is 0 Å². The fourth-order valence-electron chi connectivity index (χ4n) is 8.72. The molecule has 10 nitrogen and oxygen atoms in total. The van der Waals surface area contributed by atoms with Gasteiger partial charge in [-0.15, -0.1) is 0 Å². The Kier molecular flexibility index (Phi) is 5.55. The Morgan fingerprint density at radius 2 is 1.74 bits per heavy atom. The molecule has 43 heavy (non-hydrogen) atoms. The van der Waals surface area contributed by atoms with Gasteiger partial charge in [0, 0.05) is 12.1 Å². The molecule has 3 fully saturated rings. The molecule has 1 saturated heterocycles. The Morgan fingerprint density at radius 1 is 1.05 bits per heavy atom. The van der Waals surface area contributed by atoms with Crippen LogP contribution in [0.4, 0.5) is 4.79 Å². The molecule has 1 unspecified atom stereocenters. The van der Waals surface area contributed by atoms with Crippen LogP contribution in [0.5, 0.6) is 11.5 Å². The number of nitrogens with zero attached hydrogens (tertiary/aromatic N) is 2. The number of hydrogen-bond acceptors (Lipinski definition) is 9. The Morgan fingerprint density at radius 3 is 2.40 bits per heavy atom. The highest BCUT2D eigenvalue weighted by Gasteiger charge is 2.76. The van der Waals surface area contributed by atoms with Crippen molar-refractivity contribution < 1.29 is 38.8 Å². The SMILES string of the molecule is CC(C)(C)OC(=O)Oc1ccc2c3c1O[C@H]1[C@H](N4C(=O)c5ccccc5C4=O)CCC4(O)[C@@H]([C@@H]2O)N(CC2CC2)CC[C@]314. The third kappa shape index (κ3) is 3.60. The van der Waals surface area contributed by atoms with Gasteiger partial charge < -0.3 is 24.4 Å². The number of imide groups is 1. The van der Waals surface area contributed by atoms with Crippen molar-refractivity contribution in [3.8, 4) is 11.5 Å². The first-order chi connectivity index (χ1) is 20.4. The molecule has 0 aromatic heterocycles. The van der Waals surface area contributed by atoms with Crippen molar-refractivity contribution in [1.29, 1.82) is 0 Å². The largest absolute Gasteiger partial charge is 0.514 e. The van der Waals surface area contributed by atoms with Crippen molar-refractivity contribution in [3.63, 3.8) is 0 Å². The number of carbonyl (C=O) groups is 3. The van der Waals surface area contributed by atoms with Crippen molar-refractivity contribution in [3.05, 3.63) is 58.7 Å². The Bertz CT molecular complexity index is 1540. The average molecular weight is 589 g/mol. The Balaban J connectivity index is 1.27. The number of ether oxygens (including phenoxy) is 3. The number of carbonyl (C=O) groups excluding carboxylic acids is 3. The van der Waals surface area contributed by atoms with Gasteiger partial charge in [-0.3, -0.25) is 19.4 Å². The third-order valence-corrected chi connectivity index (χ3v) is 10.5. The standard InChI is InChI=1S/C33H36N2O8/c1-31(2,3)43-30(39)41-22-11-10-20-23-25(22)42-27-21(35-28(37)18-6-4-5-7-19(18)29(35)38)12-13-33(40)26(24(20)36)34(16-17-8-9-17)15-14-32(23,27)33/h4-7,10-11,17,21,24,26-27,36,40H,8-9,12-16H2,1-3H3/t21-,24-,26-,27+,32+,33?/m1/s1. The lowest BCUT2D eigenvalue weighted by molar-refractivity contribution is -0.220. The first kappa shape index (κ1) is 27.1. The first-order valence-electron chi connectivity index (χ1n) is 15.3. The summed E-state index contributed by atoms with van der Waals surface area (Å²) in [6.07, 6.45) is 0.651. The van der Waals surface area contributed by atoms with Gasteiger partial charge in [0.05, 0.1) is 40.3 Å². The van der Waals surface area contributed by atoms with Crippen LogP contribution in [-0.4, -0.2) is 80.5 Å². The van der Waals surface area contributed by atoms with E-state index in [1.165, 1.54) is 4.90 Å². The third-order valence-electron chi connectivity index (χ3n) is 10.5. The molecular formula is C33H36N2O8. The van der Waals surface area contributed by atoms with Gasteiger partial charge in [0.25, 0.3) is 11.8 Å². The van der Waals surface area contributed by atoms with Crippen molar-refractivity contribution >= 4 is 18.0 Å². The van der Waals surface area contributed by atoms with Gasteiger partial charge in [-0.2, -0.15) is 0 Å². The zero-order chi connectivity index (χ0) is 30.1. The fourth-order valence-corrected chi connectivity index (χ4v) is 8.72. The summed E-state index contributed by atoms with van der Waals surface area (Å²) in [6, 6.07) is 8.89. The molecular weight excluding hydrogens is 552 g/mol. The summed E-state index contributed by atoms with van der Waals surface area (Å²) in [5.74, 6) is 0.165. The minimum atomic E-state index is -1.40. The molecule has 0 radical (unpaired) electrons. The van der Waals surface area contributed by atoms with Crippen LogP contribution in [0, 0.1) is 5.92 Å². The smallest absolute Gasteiger partial charge is 0.483 e. The summed E-state index contributed by atoms with van der Waals surface area (Å²) < 4.78 is 17.8. The molecule has 3 aliphatic heterocycles. The maximum atomic E-state index is 13.7. The number of piperidine rings is 1. The maximum absolute atomic E-state index is 13.7. The molecule has 2 saturated carbocycles. The van der Waals surface area contributed by atoms with Gasteiger partial charge in [0.2, 0.25) is 0 Å². The van der Waals surface area contributed by atoms with Gasteiger partial charge in [-0.1, -0.05) is 18.2 Å². The predicted octanol–water partition coefficient (Wildman–Crippen LogP) is 3.72. The van der Waals surface area contributed by atoms with E-state index in [0.717, 1.165) is 19.4 Å². The average Bonchev–Trinajstić information content (AvgIpc) is 3.64. The highest BCUT2D eigenvalue weighted by Crippen LogP contribution is 2.68. The maximum Gasteiger partial charge on any atom is 0.514 e. The lowest BCUT2D eigenvalue weighted by Gasteiger charge is -2.65. The van der Waals surface area contributed by atoms with Gasteiger partial charge in [-0.05, 0) is 89.1 Å². The lowest BCUT2D eigenvalue weighted by Crippen LogP contribution is -2.79. The minimum Gasteiger partial charge on any atom is -0.483 e. The number of amides is 2. The molecule has 8 rings (SSSR count). The van der Waals surface area contributed by atoms with Crippen LogP contribution in [0.1, 0.15) is 90.8 Å². The zero-order valence-electron chi connectivity index (χ0n) is 24.5. The molecule has 6 aliphatic rings. The second-order valence-corrected chi connectivity index (χ2v) is 14.1. The molecule has 2 aromatic carbocycles. The van der Waals surface area contributed by atoms with Gasteiger partial charge >= 0.3 is 6.16 Å². The van der Waals surface area contributed by atoms with Crippen LogP contribution in [0.25, 0.3) is 0 Å². The molecule has 2 bridgehead atoms. The first-order valence-corrected chi connectivity index (χ1v) is 15.3. The Hall–Kier alpha value is -3.47. The lowest BCUT2D eigenvalue weighted by atomic mass is 9.47. The van der Waals surface area contributed by atoms with Crippen molar-refractivity contribution in [1.82, 2.24) is 9.80 Å². The van der Waals surface area contributed by atoms with E-state index < -0.39 is 47.1 Å². The quantitative estimate of drug-likeness (QED) is 0.312. The van der Waals surface area contributed by atoms with Crippen molar-refractivity contribution in [2.24, 2.45) is 5.92 Å². The monoisotopic (exact) mass is 588 g/mol. The summed E-state index contributed by atoms with van der Waals surface area (Å²) in [7, 11) is 0. The number of fused-ring (bicyclic) bond motifs is 1.